The summed E-state index contributed by atoms with van der Waals surface area (Å²) < 4.78 is 2.11. The number of nitrogens with zero attached hydrogens (tertiary/aromatic N) is 2. The SMILES string of the molecule is CC1c2sc(N)c(-c3nc4cc(Br)ccc4s3)c2CCN1C(=O)O. The van der Waals surface area contributed by atoms with Gasteiger partial charge in [0, 0.05) is 21.5 Å². The molecule has 5 nitrogen and oxygen atoms in total. The molecule has 1 atom stereocenters. The van der Waals surface area contributed by atoms with E-state index in [2.05, 4.69) is 15.9 Å². The average molecular weight is 424 g/mol. The molecule has 0 fully saturated rings. The number of thiazole rings is 1. The molecule has 0 radical (unpaired) electrons. The molecule has 0 aliphatic carbocycles. The van der Waals surface area contributed by atoms with Gasteiger partial charge in [-0.15, -0.1) is 22.7 Å². The first kappa shape index (κ1) is 15.9. The van der Waals surface area contributed by atoms with E-state index in [4.69, 9.17) is 10.7 Å². The van der Waals surface area contributed by atoms with E-state index in [1.165, 1.54) is 16.2 Å². The van der Waals surface area contributed by atoms with E-state index in [1.807, 2.05) is 25.1 Å². The number of benzene rings is 1. The number of thiophene rings is 1. The van der Waals surface area contributed by atoms with E-state index in [9.17, 15) is 9.90 Å². The van der Waals surface area contributed by atoms with Crippen LogP contribution in [0.2, 0.25) is 0 Å². The van der Waals surface area contributed by atoms with Crippen LogP contribution in [0.5, 0.6) is 0 Å². The number of carboxylic acid groups (broad SMARTS) is 1. The number of nitrogen functional groups attached to an aromatic ring is 1. The predicted octanol–water partition coefficient (Wildman–Crippen LogP) is 4.97. The highest BCUT2D eigenvalue weighted by atomic mass is 79.9. The molecule has 1 aromatic carbocycles. The third-order valence-electron chi connectivity index (χ3n) is 4.32. The van der Waals surface area contributed by atoms with Crippen molar-refractivity contribution in [3.63, 3.8) is 0 Å². The van der Waals surface area contributed by atoms with Gasteiger partial charge >= 0.3 is 6.09 Å². The highest BCUT2D eigenvalue weighted by Crippen LogP contribution is 2.47. The van der Waals surface area contributed by atoms with E-state index in [0.717, 1.165) is 40.7 Å². The molecule has 1 unspecified atom stereocenters. The molecular formula is C16H14BrN3O2S2. The molecule has 3 heterocycles. The van der Waals surface area contributed by atoms with E-state index < -0.39 is 6.09 Å². The maximum absolute atomic E-state index is 11.4. The van der Waals surface area contributed by atoms with Gasteiger partial charge in [0.15, 0.2) is 0 Å². The smallest absolute Gasteiger partial charge is 0.407 e. The maximum Gasteiger partial charge on any atom is 0.407 e. The summed E-state index contributed by atoms with van der Waals surface area (Å²) in [6.45, 7) is 2.41. The minimum Gasteiger partial charge on any atom is -0.465 e. The number of halogens is 1. The number of aromatic nitrogens is 1. The lowest BCUT2D eigenvalue weighted by atomic mass is 9.99. The zero-order valence-corrected chi connectivity index (χ0v) is 16.0. The molecular weight excluding hydrogens is 410 g/mol. The third kappa shape index (κ3) is 2.40. The second-order valence-electron chi connectivity index (χ2n) is 5.72. The van der Waals surface area contributed by atoms with Crippen LogP contribution in [-0.2, 0) is 6.42 Å². The summed E-state index contributed by atoms with van der Waals surface area (Å²) in [7, 11) is 0. The van der Waals surface area contributed by atoms with Crippen molar-refractivity contribution in [3.05, 3.63) is 33.1 Å². The minimum atomic E-state index is -0.883. The van der Waals surface area contributed by atoms with Gasteiger partial charge in [0.1, 0.15) is 5.01 Å². The summed E-state index contributed by atoms with van der Waals surface area (Å²) in [5.74, 6) is 0. The summed E-state index contributed by atoms with van der Waals surface area (Å²) in [5, 5.41) is 11.0. The first-order valence-corrected chi connectivity index (χ1v) is 9.85. The van der Waals surface area contributed by atoms with Crippen LogP contribution in [0.4, 0.5) is 9.80 Å². The molecule has 1 aliphatic rings. The van der Waals surface area contributed by atoms with Crippen molar-refractivity contribution in [2.24, 2.45) is 0 Å². The molecule has 2 aromatic heterocycles. The van der Waals surface area contributed by atoms with E-state index >= 15 is 0 Å². The lowest BCUT2D eigenvalue weighted by Gasteiger charge is -2.31. The number of hydrogen-bond acceptors (Lipinski definition) is 5. The van der Waals surface area contributed by atoms with E-state index in [1.54, 1.807) is 11.3 Å². The second kappa shape index (κ2) is 5.72. The van der Waals surface area contributed by atoms with Gasteiger partial charge in [-0.3, -0.25) is 0 Å². The summed E-state index contributed by atoms with van der Waals surface area (Å²) in [4.78, 5) is 18.6. The molecule has 1 aliphatic heterocycles. The van der Waals surface area contributed by atoms with E-state index in [0.29, 0.717) is 13.0 Å². The fourth-order valence-corrected chi connectivity index (χ4v) is 5.79. The Labute approximate surface area is 154 Å². The Balaban J connectivity index is 1.85. The Bertz CT molecular complexity index is 966. The van der Waals surface area contributed by atoms with Gasteiger partial charge in [-0.05, 0) is 37.1 Å². The van der Waals surface area contributed by atoms with Gasteiger partial charge in [0.25, 0.3) is 0 Å². The number of carbonyl (C=O) groups is 1. The van der Waals surface area contributed by atoms with Crippen LogP contribution < -0.4 is 5.73 Å². The highest BCUT2D eigenvalue weighted by molar-refractivity contribution is 9.10. The van der Waals surface area contributed by atoms with Crippen molar-refractivity contribution in [2.45, 2.75) is 19.4 Å². The Morgan fingerprint density at radius 3 is 3.00 bits per heavy atom. The number of rotatable bonds is 1. The lowest BCUT2D eigenvalue weighted by Crippen LogP contribution is -2.37. The molecule has 0 bridgehead atoms. The van der Waals surface area contributed by atoms with Crippen molar-refractivity contribution >= 4 is 59.9 Å². The van der Waals surface area contributed by atoms with Gasteiger partial charge in [-0.2, -0.15) is 0 Å². The standard InChI is InChI=1S/C16H14BrN3O2S2/c1-7-13-9(4-5-20(7)16(21)22)12(14(18)24-13)15-19-10-6-8(17)2-3-11(10)23-15/h2-3,6-7H,4-5,18H2,1H3,(H,21,22). The molecule has 4 rings (SSSR count). The number of anilines is 1. The Kier molecular flexibility index (Phi) is 3.78. The third-order valence-corrected chi connectivity index (χ3v) is 7.10. The number of amides is 1. The van der Waals surface area contributed by atoms with Crippen LogP contribution >= 0.6 is 38.6 Å². The van der Waals surface area contributed by atoms with Gasteiger partial charge in [-0.25, -0.2) is 9.78 Å². The number of nitrogens with two attached hydrogens (primary N) is 1. The van der Waals surface area contributed by atoms with Crippen LogP contribution in [0.1, 0.15) is 23.4 Å². The Morgan fingerprint density at radius 2 is 2.25 bits per heavy atom. The van der Waals surface area contributed by atoms with Crippen molar-refractivity contribution in [1.82, 2.24) is 9.88 Å². The predicted molar refractivity (Wildman–Crippen MR) is 102 cm³/mol. The number of hydrogen-bond donors (Lipinski definition) is 2. The van der Waals surface area contributed by atoms with Crippen molar-refractivity contribution in [1.29, 1.82) is 0 Å². The molecule has 0 spiro atoms. The topological polar surface area (TPSA) is 79.5 Å². The van der Waals surface area contributed by atoms with Gasteiger partial charge < -0.3 is 15.7 Å². The monoisotopic (exact) mass is 423 g/mol. The number of fused-ring (bicyclic) bond motifs is 2. The molecule has 0 saturated carbocycles. The van der Waals surface area contributed by atoms with Crippen LogP contribution in [0, 0.1) is 0 Å². The van der Waals surface area contributed by atoms with Crippen molar-refractivity contribution in [3.8, 4) is 10.6 Å². The lowest BCUT2D eigenvalue weighted by molar-refractivity contribution is 0.125. The zero-order valence-electron chi connectivity index (χ0n) is 12.7. The van der Waals surface area contributed by atoms with Gasteiger partial charge in [-0.1, -0.05) is 15.9 Å². The summed E-state index contributed by atoms with van der Waals surface area (Å²) in [6.07, 6.45) is -0.208. The van der Waals surface area contributed by atoms with Gasteiger partial charge in [0.05, 0.1) is 21.3 Å². The fraction of sp³-hybridized carbons (Fsp3) is 0.250. The zero-order chi connectivity index (χ0) is 17.0. The largest absolute Gasteiger partial charge is 0.465 e. The first-order chi connectivity index (χ1) is 11.5. The fourth-order valence-electron chi connectivity index (χ4n) is 3.16. The van der Waals surface area contributed by atoms with Crippen LogP contribution in [0.3, 0.4) is 0 Å². The van der Waals surface area contributed by atoms with Crippen LogP contribution in [0.15, 0.2) is 22.7 Å². The molecule has 3 N–H and O–H groups in total. The van der Waals surface area contributed by atoms with Crippen LogP contribution in [0.25, 0.3) is 20.8 Å². The maximum atomic E-state index is 11.4. The quantitative estimate of drug-likeness (QED) is 0.578. The van der Waals surface area contributed by atoms with Crippen molar-refractivity contribution < 1.29 is 9.90 Å². The normalized spacial score (nSPS) is 17.2. The summed E-state index contributed by atoms with van der Waals surface area (Å²) in [5.41, 5.74) is 9.39. The Hall–Kier alpha value is -1.64. The first-order valence-electron chi connectivity index (χ1n) is 7.42. The second-order valence-corrected chi connectivity index (χ2v) is 8.75. The molecule has 8 heteroatoms. The molecule has 24 heavy (non-hydrogen) atoms. The van der Waals surface area contributed by atoms with Gasteiger partial charge in [0.2, 0.25) is 0 Å². The van der Waals surface area contributed by atoms with Crippen LogP contribution in [-0.4, -0.2) is 27.6 Å². The van der Waals surface area contributed by atoms with E-state index in [-0.39, 0.29) is 6.04 Å². The average Bonchev–Trinajstić information content (AvgIpc) is 3.07. The molecule has 1 amide bonds. The minimum absolute atomic E-state index is 0.171. The van der Waals surface area contributed by atoms with Crippen molar-refractivity contribution in [2.75, 3.05) is 12.3 Å². The Morgan fingerprint density at radius 1 is 1.46 bits per heavy atom. The summed E-state index contributed by atoms with van der Waals surface area (Å²) >= 11 is 6.58. The molecule has 0 saturated heterocycles. The summed E-state index contributed by atoms with van der Waals surface area (Å²) in [6, 6.07) is 5.88. The molecule has 3 aromatic rings. The highest BCUT2D eigenvalue weighted by Gasteiger charge is 2.33. The molecule has 124 valence electrons.